The second kappa shape index (κ2) is 10.0. The third-order valence-corrected chi connectivity index (χ3v) is 10.7. The van der Waals surface area contributed by atoms with E-state index in [0.29, 0.717) is 12.3 Å². The molecular formula is C22H44O4Si. The van der Waals surface area contributed by atoms with Crippen LogP contribution >= 0.6 is 0 Å². The number of rotatable bonds is 10. The highest BCUT2D eigenvalue weighted by atomic mass is 28.4. The maximum absolute atomic E-state index is 10.00. The second-order valence-corrected chi connectivity index (χ2v) is 15.3. The van der Waals surface area contributed by atoms with E-state index >= 15 is 0 Å². The molecule has 1 aliphatic heterocycles. The highest BCUT2D eigenvalue weighted by Crippen LogP contribution is 2.36. The molecule has 4 unspecified atom stereocenters. The van der Waals surface area contributed by atoms with Crippen molar-refractivity contribution in [2.45, 2.75) is 116 Å². The summed E-state index contributed by atoms with van der Waals surface area (Å²) in [5.41, 5.74) is -1.03. The molecule has 1 heterocycles. The molecule has 27 heavy (non-hydrogen) atoms. The molecule has 5 heteroatoms. The summed E-state index contributed by atoms with van der Waals surface area (Å²) in [4.78, 5) is 0. The van der Waals surface area contributed by atoms with E-state index in [1.807, 2.05) is 0 Å². The topological polar surface area (TPSA) is 58.9 Å². The van der Waals surface area contributed by atoms with E-state index in [2.05, 4.69) is 52.9 Å². The fourth-order valence-corrected chi connectivity index (χ4v) is 4.12. The van der Waals surface area contributed by atoms with Gasteiger partial charge >= 0.3 is 0 Å². The molecule has 0 amide bonds. The Kier molecular flexibility index (Phi) is 9.21. The Morgan fingerprint density at radius 3 is 2.37 bits per heavy atom. The van der Waals surface area contributed by atoms with Crippen molar-refractivity contribution in [3.8, 4) is 0 Å². The molecule has 0 fully saturated rings. The molecule has 0 spiro atoms. The van der Waals surface area contributed by atoms with Crippen molar-refractivity contribution < 1.29 is 19.4 Å². The molecular weight excluding hydrogens is 356 g/mol. The Balaban J connectivity index is 2.36. The van der Waals surface area contributed by atoms with Gasteiger partial charge in [-0.15, -0.1) is 0 Å². The van der Waals surface area contributed by atoms with Crippen molar-refractivity contribution in [1.82, 2.24) is 0 Å². The van der Waals surface area contributed by atoms with Crippen LogP contribution in [0.2, 0.25) is 18.1 Å². The second-order valence-electron chi connectivity index (χ2n) is 10.4. The molecule has 1 aliphatic rings. The highest BCUT2D eigenvalue weighted by Gasteiger charge is 2.37. The maximum Gasteiger partial charge on any atom is 0.191 e. The summed E-state index contributed by atoms with van der Waals surface area (Å²) in [6.07, 6.45) is 8.49. The zero-order chi connectivity index (χ0) is 20.9. The monoisotopic (exact) mass is 400 g/mol. The first-order valence-corrected chi connectivity index (χ1v) is 13.5. The van der Waals surface area contributed by atoms with Crippen molar-refractivity contribution in [2.24, 2.45) is 5.92 Å². The molecule has 0 bridgehead atoms. The van der Waals surface area contributed by atoms with Crippen LogP contribution in [0.3, 0.4) is 0 Å². The van der Waals surface area contributed by atoms with E-state index in [9.17, 15) is 10.2 Å². The molecule has 1 rings (SSSR count). The lowest BCUT2D eigenvalue weighted by atomic mass is 9.90. The summed E-state index contributed by atoms with van der Waals surface area (Å²) in [7, 11) is -1.69. The summed E-state index contributed by atoms with van der Waals surface area (Å²) in [5, 5.41) is 20.1. The number of hydrogen-bond donors (Lipinski definition) is 2. The van der Waals surface area contributed by atoms with Gasteiger partial charge in [0.15, 0.2) is 8.32 Å². The first kappa shape index (κ1) is 24.8. The van der Waals surface area contributed by atoms with Crippen molar-refractivity contribution in [3.05, 3.63) is 12.2 Å². The van der Waals surface area contributed by atoms with E-state index in [1.165, 1.54) is 0 Å². The standard InChI is InChI=1S/C22H44O4Si/c1-17(12-13-20(23)22(5,6)24)16-19-11-9-10-18(26-19)14-15-25-27(7,8)21(2,3)4/h9-10,17-20,23-24H,11-16H2,1-8H3. The minimum atomic E-state index is -1.69. The van der Waals surface area contributed by atoms with Gasteiger partial charge in [0.25, 0.3) is 0 Å². The van der Waals surface area contributed by atoms with Crippen LogP contribution in [0.1, 0.15) is 73.6 Å². The van der Waals surface area contributed by atoms with Gasteiger partial charge in [0.05, 0.1) is 23.9 Å². The molecule has 4 atom stereocenters. The average Bonchev–Trinajstić information content (AvgIpc) is 2.50. The van der Waals surface area contributed by atoms with Gasteiger partial charge in [-0.3, -0.25) is 0 Å². The lowest BCUT2D eigenvalue weighted by Crippen LogP contribution is -2.41. The van der Waals surface area contributed by atoms with Crippen LogP contribution in [-0.4, -0.2) is 49.1 Å². The largest absolute Gasteiger partial charge is 0.417 e. The van der Waals surface area contributed by atoms with Crippen LogP contribution in [-0.2, 0) is 9.16 Å². The van der Waals surface area contributed by atoms with Gasteiger partial charge in [0.2, 0.25) is 0 Å². The van der Waals surface area contributed by atoms with Crippen LogP contribution in [0.4, 0.5) is 0 Å². The third kappa shape index (κ3) is 8.78. The van der Waals surface area contributed by atoms with Crippen molar-refractivity contribution in [1.29, 1.82) is 0 Å². The molecule has 0 aliphatic carbocycles. The molecule has 0 saturated carbocycles. The van der Waals surface area contributed by atoms with E-state index < -0.39 is 20.0 Å². The Morgan fingerprint density at radius 1 is 1.19 bits per heavy atom. The number of aliphatic hydroxyl groups excluding tert-OH is 1. The molecule has 4 nitrogen and oxygen atoms in total. The van der Waals surface area contributed by atoms with Gasteiger partial charge in [0.1, 0.15) is 0 Å². The van der Waals surface area contributed by atoms with Gasteiger partial charge in [-0.1, -0.05) is 39.8 Å². The molecule has 0 saturated heterocycles. The minimum Gasteiger partial charge on any atom is -0.417 e. The van der Waals surface area contributed by atoms with Crippen molar-refractivity contribution in [3.63, 3.8) is 0 Å². The zero-order valence-electron chi connectivity index (χ0n) is 18.9. The Bertz CT molecular complexity index is 462. The van der Waals surface area contributed by atoms with Crippen LogP contribution in [0.15, 0.2) is 12.2 Å². The van der Waals surface area contributed by atoms with Crippen molar-refractivity contribution >= 4 is 8.32 Å². The minimum absolute atomic E-state index is 0.141. The third-order valence-electron chi connectivity index (χ3n) is 6.20. The molecule has 0 aromatic heterocycles. The van der Waals surface area contributed by atoms with Crippen LogP contribution in [0, 0.1) is 5.92 Å². The van der Waals surface area contributed by atoms with Crippen LogP contribution in [0.25, 0.3) is 0 Å². The van der Waals surface area contributed by atoms with E-state index in [4.69, 9.17) is 9.16 Å². The summed E-state index contributed by atoms with van der Waals surface area (Å²) >= 11 is 0. The van der Waals surface area contributed by atoms with Crippen LogP contribution < -0.4 is 0 Å². The number of aliphatic hydroxyl groups is 2. The van der Waals surface area contributed by atoms with Gasteiger partial charge in [-0.25, -0.2) is 0 Å². The summed E-state index contributed by atoms with van der Waals surface area (Å²) in [5.74, 6) is 0.461. The predicted octanol–water partition coefficient (Wildman–Crippen LogP) is 5.05. The summed E-state index contributed by atoms with van der Waals surface area (Å²) in [6.45, 7) is 17.7. The summed E-state index contributed by atoms with van der Waals surface area (Å²) in [6, 6.07) is 0. The molecule has 160 valence electrons. The number of ether oxygens (including phenoxy) is 1. The van der Waals surface area contributed by atoms with E-state index in [1.54, 1.807) is 13.8 Å². The quantitative estimate of drug-likeness (QED) is 0.398. The fraction of sp³-hybridized carbons (Fsp3) is 0.909. The fourth-order valence-electron chi connectivity index (χ4n) is 3.06. The highest BCUT2D eigenvalue weighted by molar-refractivity contribution is 6.74. The predicted molar refractivity (Wildman–Crippen MR) is 116 cm³/mol. The smallest absolute Gasteiger partial charge is 0.191 e. The van der Waals surface area contributed by atoms with Gasteiger partial charge in [-0.05, 0) is 70.0 Å². The summed E-state index contributed by atoms with van der Waals surface area (Å²) < 4.78 is 12.6. The molecule has 2 N–H and O–H groups in total. The van der Waals surface area contributed by atoms with Gasteiger partial charge in [-0.2, -0.15) is 0 Å². The Labute approximate surface area is 168 Å². The first-order valence-electron chi connectivity index (χ1n) is 10.6. The Morgan fingerprint density at radius 2 is 1.81 bits per heavy atom. The molecule has 0 aromatic carbocycles. The van der Waals surface area contributed by atoms with E-state index in [0.717, 1.165) is 32.3 Å². The molecule has 0 radical (unpaired) electrons. The van der Waals surface area contributed by atoms with Crippen molar-refractivity contribution in [2.75, 3.05) is 6.61 Å². The lowest BCUT2D eigenvalue weighted by Gasteiger charge is -2.36. The van der Waals surface area contributed by atoms with Gasteiger partial charge < -0.3 is 19.4 Å². The zero-order valence-corrected chi connectivity index (χ0v) is 19.9. The number of hydrogen-bond acceptors (Lipinski definition) is 4. The Hall–Kier alpha value is -0.203. The normalized spacial score (nSPS) is 24.1. The first-order chi connectivity index (χ1) is 12.2. The van der Waals surface area contributed by atoms with E-state index in [-0.39, 0.29) is 17.2 Å². The maximum atomic E-state index is 10.00. The average molecular weight is 401 g/mol. The van der Waals surface area contributed by atoms with Crippen LogP contribution in [0.5, 0.6) is 0 Å². The van der Waals surface area contributed by atoms with Gasteiger partial charge in [0, 0.05) is 6.61 Å². The lowest BCUT2D eigenvalue weighted by molar-refractivity contribution is -0.0554. The SMILES string of the molecule is CC(CCC(O)C(C)(C)O)CC1CC=CC(CCO[Si](C)(C)C(C)(C)C)O1. The molecule has 0 aromatic rings.